The molecule has 2 heterocycles. The molecule has 0 fully saturated rings. The van der Waals surface area contributed by atoms with Gasteiger partial charge in [0.05, 0.1) is 11.7 Å². The van der Waals surface area contributed by atoms with E-state index in [0.717, 1.165) is 17.1 Å². The summed E-state index contributed by atoms with van der Waals surface area (Å²) in [5, 5.41) is 7.46. The fourth-order valence-corrected chi connectivity index (χ4v) is 2.50. The Bertz CT molecular complexity index is 767. The molecule has 0 saturated heterocycles. The van der Waals surface area contributed by atoms with Crippen LogP contribution in [0.3, 0.4) is 0 Å². The zero-order valence-corrected chi connectivity index (χ0v) is 11.6. The third kappa shape index (κ3) is 2.64. The summed E-state index contributed by atoms with van der Waals surface area (Å²) in [6.07, 6.45) is 4.07. The summed E-state index contributed by atoms with van der Waals surface area (Å²) in [6.45, 7) is 0. The highest BCUT2D eigenvalue weighted by Gasteiger charge is 2.17. The molecule has 1 unspecified atom stereocenters. The van der Waals surface area contributed by atoms with E-state index < -0.39 is 11.6 Å². The van der Waals surface area contributed by atoms with Gasteiger partial charge in [-0.3, -0.25) is 0 Å². The monoisotopic (exact) mass is 287 g/mol. The number of pyridine rings is 1. The predicted molar refractivity (Wildman–Crippen MR) is 77.1 cm³/mol. The van der Waals surface area contributed by atoms with Crippen LogP contribution in [0, 0.1) is 11.6 Å². The van der Waals surface area contributed by atoms with Crippen LogP contribution in [-0.4, -0.2) is 16.7 Å². The predicted octanol–water partition coefficient (Wildman–Crippen LogP) is 3.12. The van der Waals surface area contributed by atoms with E-state index in [-0.39, 0.29) is 6.04 Å². The molecule has 108 valence electrons. The number of rotatable bonds is 4. The van der Waals surface area contributed by atoms with Crippen molar-refractivity contribution in [1.82, 2.24) is 14.9 Å². The number of nitrogens with one attached hydrogen (secondary N) is 1. The van der Waals surface area contributed by atoms with Gasteiger partial charge in [-0.05, 0) is 37.2 Å². The average Bonchev–Trinajstić information content (AvgIpc) is 2.91. The van der Waals surface area contributed by atoms with Gasteiger partial charge in [-0.1, -0.05) is 12.1 Å². The lowest BCUT2D eigenvalue weighted by Gasteiger charge is -2.16. The molecule has 5 heteroatoms. The Kier molecular flexibility index (Phi) is 3.66. The van der Waals surface area contributed by atoms with Crippen LogP contribution in [-0.2, 0) is 6.42 Å². The number of aromatic nitrogens is 2. The first-order valence-electron chi connectivity index (χ1n) is 6.72. The molecule has 2 aromatic heterocycles. The maximum atomic E-state index is 13.8. The lowest BCUT2D eigenvalue weighted by atomic mass is 9.99. The van der Waals surface area contributed by atoms with Crippen LogP contribution in [0.15, 0.2) is 48.8 Å². The van der Waals surface area contributed by atoms with Gasteiger partial charge in [0.25, 0.3) is 0 Å². The van der Waals surface area contributed by atoms with E-state index >= 15 is 0 Å². The molecule has 1 atom stereocenters. The number of hydrogen-bond acceptors (Lipinski definition) is 2. The van der Waals surface area contributed by atoms with E-state index in [2.05, 4.69) is 10.4 Å². The van der Waals surface area contributed by atoms with Gasteiger partial charge in [0.2, 0.25) is 0 Å². The molecule has 3 nitrogen and oxygen atoms in total. The number of benzene rings is 1. The highest BCUT2D eigenvalue weighted by Crippen LogP contribution is 2.24. The van der Waals surface area contributed by atoms with Gasteiger partial charge < -0.3 is 5.32 Å². The zero-order chi connectivity index (χ0) is 14.8. The number of likely N-dealkylation sites (N-methyl/N-ethyl adjacent to an activating group) is 1. The van der Waals surface area contributed by atoms with E-state index in [0.29, 0.717) is 12.0 Å². The molecule has 0 aliphatic carbocycles. The summed E-state index contributed by atoms with van der Waals surface area (Å²) in [5.74, 6) is -1.08. The quantitative estimate of drug-likeness (QED) is 0.799. The summed E-state index contributed by atoms with van der Waals surface area (Å²) in [7, 11) is 1.82. The summed E-state index contributed by atoms with van der Waals surface area (Å²) < 4.78 is 28.6. The number of hydrogen-bond donors (Lipinski definition) is 1. The second-order valence-corrected chi connectivity index (χ2v) is 4.91. The topological polar surface area (TPSA) is 29.3 Å². The molecular weight excluding hydrogens is 272 g/mol. The minimum atomic E-state index is -0.562. The second-order valence-electron chi connectivity index (χ2n) is 4.91. The molecule has 1 N–H and O–H groups in total. The van der Waals surface area contributed by atoms with E-state index in [1.54, 1.807) is 10.7 Å². The third-order valence-electron chi connectivity index (χ3n) is 3.62. The molecule has 21 heavy (non-hydrogen) atoms. The molecule has 0 aliphatic heterocycles. The molecule has 0 amide bonds. The van der Waals surface area contributed by atoms with Gasteiger partial charge >= 0.3 is 0 Å². The Labute approximate surface area is 121 Å². The fourth-order valence-electron chi connectivity index (χ4n) is 2.50. The molecule has 0 bridgehead atoms. The summed E-state index contributed by atoms with van der Waals surface area (Å²) in [4.78, 5) is 0. The highest BCUT2D eigenvalue weighted by atomic mass is 19.1. The smallest absolute Gasteiger partial charge is 0.129 e. The number of halogens is 2. The van der Waals surface area contributed by atoms with Gasteiger partial charge in [-0.2, -0.15) is 5.10 Å². The van der Waals surface area contributed by atoms with Crippen molar-refractivity contribution in [2.45, 2.75) is 12.5 Å². The van der Waals surface area contributed by atoms with Crippen molar-refractivity contribution in [3.05, 3.63) is 71.6 Å². The molecule has 3 rings (SSSR count). The van der Waals surface area contributed by atoms with E-state index in [9.17, 15) is 8.78 Å². The van der Waals surface area contributed by atoms with Crippen LogP contribution in [0.4, 0.5) is 8.78 Å². The maximum Gasteiger partial charge on any atom is 0.129 e. The SMILES string of the molecule is CNC(Cc1ccc(F)cc1F)c1cnn2ccccc12. The molecule has 3 aromatic rings. The first-order chi connectivity index (χ1) is 10.2. The van der Waals surface area contributed by atoms with Crippen molar-refractivity contribution in [2.75, 3.05) is 7.05 Å². The summed E-state index contributed by atoms with van der Waals surface area (Å²) in [5.41, 5.74) is 2.44. The van der Waals surface area contributed by atoms with E-state index in [1.165, 1.54) is 12.1 Å². The average molecular weight is 287 g/mol. The van der Waals surface area contributed by atoms with Crippen molar-refractivity contribution in [3.8, 4) is 0 Å². The van der Waals surface area contributed by atoms with Crippen LogP contribution in [0.2, 0.25) is 0 Å². The fraction of sp³-hybridized carbons (Fsp3) is 0.188. The first kappa shape index (κ1) is 13.7. The van der Waals surface area contributed by atoms with Crippen molar-refractivity contribution < 1.29 is 8.78 Å². The first-order valence-corrected chi connectivity index (χ1v) is 6.72. The molecule has 0 aliphatic rings. The van der Waals surface area contributed by atoms with Gasteiger partial charge in [-0.25, -0.2) is 13.3 Å². The largest absolute Gasteiger partial charge is 0.313 e. The van der Waals surface area contributed by atoms with Crippen molar-refractivity contribution in [1.29, 1.82) is 0 Å². The normalized spacial score (nSPS) is 12.7. The minimum Gasteiger partial charge on any atom is -0.313 e. The maximum absolute atomic E-state index is 13.8. The van der Waals surface area contributed by atoms with Crippen molar-refractivity contribution >= 4 is 5.52 Å². The highest BCUT2D eigenvalue weighted by molar-refractivity contribution is 5.55. The Hall–Kier alpha value is -2.27. The van der Waals surface area contributed by atoms with Crippen molar-refractivity contribution in [2.24, 2.45) is 0 Å². The second kappa shape index (κ2) is 5.61. The van der Waals surface area contributed by atoms with Crippen LogP contribution < -0.4 is 5.32 Å². The van der Waals surface area contributed by atoms with Gasteiger partial charge in [-0.15, -0.1) is 0 Å². The van der Waals surface area contributed by atoms with E-state index in [1.807, 2.05) is 31.4 Å². The van der Waals surface area contributed by atoms with Crippen LogP contribution in [0.5, 0.6) is 0 Å². The van der Waals surface area contributed by atoms with Crippen LogP contribution in [0.25, 0.3) is 5.52 Å². The molecule has 1 aromatic carbocycles. The van der Waals surface area contributed by atoms with Gasteiger partial charge in [0, 0.05) is 23.9 Å². The lowest BCUT2D eigenvalue weighted by Crippen LogP contribution is -2.19. The summed E-state index contributed by atoms with van der Waals surface area (Å²) in [6, 6.07) is 9.39. The standard InChI is InChI=1S/C16H15F2N3/c1-19-15(8-11-5-6-12(17)9-14(11)18)13-10-20-21-7-3-2-4-16(13)21/h2-7,9-10,15,19H,8H2,1H3. The Balaban J connectivity index is 1.95. The molecule has 0 spiro atoms. The Morgan fingerprint density at radius 2 is 2.10 bits per heavy atom. The van der Waals surface area contributed by atoms with Crippen molar-refractivity contribution in [3.63, 3.8) is 0 Å². The minimum absolute atomic E-state index is 0.0927. The third-order valence-corrected chi connectivity index (χ3v) is 3.62. The summed E-state index contributed by atoms with van der Waals surface area (Å²) >= 11 is 0. The number of nitrogens with zero attached hydrogens (tertiary/aromatic N) is 2. The number of fused-ring (bicyclic) bond motifs is 1. The van der Waals surface area contributed by atoms with Crippen LogP contribution in [0.1, 0.15) is 17.2 Å². The van der Waals surface area contributed by atoms with E-state index in [4.69, 9.17) is 0 Å². The zero-order valence-electron chi connectivity index (χ0n) is 11.6. The molecule has 0 radical (unpaired) electrons. The Morgan fingerprint density at radius 1 is 1.24 bits per heavy atom. The lowest BCUT2D eigenvalue weighted by molar-refractivity contribution is 0.542. The molecule has 0 saturated carbocycles. The molecular formula is C16H15F2N3. The van der Waals surface area contributed by atoms with Crippen LogP contribution >= 0.6 is 0 Å². The van der Waals surface area contributed by atoms with Gasteiger partial charge in [0.15, 0.2) is 0 Å². The van der Waals surface area contributed by atoms with Gasteiger partial charge in [0.1, 0.15) is 11.6 Å². The Morgan fingerprint density at radius 3 is 2.86 bits per heavy atom.